The van der Waals surface area contributed by atoms with Crippen molar-refractivity contribution in [1.29, 1.82) is 0 Å². The number of carboxylic acid groups (broad SMARTS) is 1. The molecule has 0 saturated carbocycles. The van der Waals surface area contributed by atoms with Crippen LogP contribution in [-0.2, 0) is 6.54 Å². The average Bonchev–Trinajstić information content (AvgIpc) is 2.72. The lowest BCUT2D eigenvalue weighted by atomic mass is 10.3. The van der Waals surface area contributed by atoms with Gasteiger partial charge in [-0.3, -0.25) is 0 Å². The Morgan fingerprint density at radius 3 is 2.94 bits per heavy atom. The van der Waals surface area contributed by atoms with Gasteiger partial charge in [-0.05, 0) is 39.5 Å². The van der Waals surface area contributed by atoms with E-state index >= 15 is 0 Å². The lowest BCUT2D eigenvalue weighted by Gasteiger charge is -2.05. The van der Waals surface area contributed by atoms with Crippen molar-refractivity contribution in [3.8, 4) is 0 Å². The van der Waals surface area contributed by atoms with Crippen molar-refractivity contribution in [1.82, 2.24) is 4.98 Å². The number of pyridine rings is 1. The van der Waals surface area contributed by atoms with Gasteiger partial charge in [-0.25, -0.2) is 9.78 Å². The molecule has 0 aliphatic carbocycles. The predicted octanol–water partition coefficient (Wildman–Crippen LogP) is 3.22. The third-order valence-electron chi connectivity index (χ3n) is 2.09. The molecule has 4 nitrogen and oxygen atoms in total. The van der Waals surface area contributed by atoms with Crippen LogP contribution in [0, 0.1) is 0 Å². The van der Waals surface area contributed by atoms with Gasteiger partial charge in [-0.2, -0.15) is 0 Å². The number of thiophene rings is 1. The van der Waals surface area contributed by atoms with Gasteiger partial charge in [0, 0.05) is 9.35 Å². The molecule has 0 aliphatic rings. The van der Waals surface area contributed by atoms with E-state index in [-0.39, 0.29) is 5.69 Å². The van der Waals surface area contributed by atoms with Crippen LogP contribution in [0.1, 0.15) is 15.4 Å². The monoisotopic (exact) mass is 312 g/mol. The first-order valence-electron chi connectivity index (χ1n) is 4.83. The molecule has 2 aromatic rings. The minimum atomic E-state index is -1.02. The number of hydrogen-bond donors (Lipinski definition) is 2. The summed E-state index contributed by atoms with van der Waals surface area (Å²) in [5, 5.41) is 13.9. The van der Waals surface area contributed by atoms with Crippen LogP contribution in [0.25, 0.3) is 0 Å². The molecule has 2 rings (SSSR count). The molecule has 0 atom stereocenters. The number of hydrogen-bond acceptors (Lipinski definition) is 4. The number of aromatic nitrogens is 1. The molecule has 0 unspecified atom stereocenters. The van der Waals surface area contributed by atoms with E-state index in [0.717, 1.165) is 9.35 Å². The Labute approximate surface area is 110 Å². The molecule has 0 bridgehead atoms. The first-order valence-corrected chi connectivity index (χ1v) is 6.50. The zero-order valence-electron chi connectivity index (χ0n) is 8.68. The van der Waals surface area contributed by atoms with Crippen molar-refractivity contribution < 1.29 is 9.90 Å². The summed E-state index contributed by atoms with van der Waals surface area (Å²) in [6.07, 6.45) is 0. The molecule has 2 heterocycles. The summed E-state index contributed by atoms with van der Waals surface area (Å²) in [5.41, 5.74) is 0.0419. The van der Waals surface area contributed by atoms with Crippen molar-refractivity contribution in [2.75, 3.05) is 5.32 Å². The van der Waals surface area contributed by atoms with Gasteiger partial charge >= 0.3 is 5.97 Å². The molecule has 0 saturated heterocycles. The van der Waals surface area contributed by atoms with Crippen LogP contribution in [0.2, 0.25) is 0 Å². The van der Waals surface area contributed by atoms with Crippen LogP contribution < -0.4 is 5.32 Å². The number of anilines is 1. The summed E-state index contributed by atoms with van der Waals surface area (Å²) >= 11 is 5.06. The lowest BCUT2D eigenvalue weighted by molar-refractivity contribution is 0.0690. The largest absolute Gasteiger partial charge is 0.477 e. The minimum Gasteiger partial charge on any atom is -0.477 e. The fraction of sp³-hybridized carbons (Fsp3) is 0.0909. The van der Waals surface area contributed by atoms with E-state index in [2.05, 4.69) is 26.2 Å². The number of carbonyl (C=O) groups is 1. The van der Waals surface area contributed by atoms with Crippen LogP contribution >= 0.6 is 27.3 Å². The Morgan fingerprint density at radius 1 is 1.47 bits per heavy atom. The quantitative estimate of drug-likeness (QED) is 0.910. The number of rotatable bonds is 4. The normalized spacial score (nSPS) is 10.2. The zero-order chi connectivity index (χ0) is 12.3. The van der Waals surface area contributed by atoms with E-state index in [1.54, 1.807) is 23.5 Å². The standard InChI is InChI=1S/C11H9BrN2O2S/c12-7-4-5-17-9(7)6-13-10-3-1-2-8(14-10)11(15)16/h1-5H,6H2,(H,13,14)(H,15,16). The molecule has 0 fully saturated rings. The minimum absolute atomic E-state index is 0.0419. The molecule has 2 aromatic heterocycles. The second-order valence-corrected chi connectivity index (χ2v) is 5.11. The van der Waals surface area contributed by atoms with Gasteiger partial charge in [0.1, 0.15) is 5.82 Å². The lowest BCUT2D eigenvalue weighted by Crippen LogP contribution is -2.05. The summed E-state index contributed by atoms with van der Waals surface area (Å²) in [4.78, 5) is 15.9. The van der Waals surface area contributed by atoms with Gasteiger partial charge in [0.05, 0.1) is 6.54 Å². The van der Waals surface area contributed by atoms with Crippen molar-refractivity contribution in [2.24, 2.45) is 0 Å². The number of aromatic carboxylic acids is 1. The van der Waals surface area contributed by atoms with Crippen molar-refractivity contribution in [3.05, 3.63) is 44.7 Å². The molecular formula is C11H9BrN2O2S. The predicted molar refractivity (Wildman–Crippen MR) is 70.5 cm³/mol. The molecule has 0 spiro atoms. The molecular weight excluding hydrogens is 304 g/mol. The van der Waals surface area contributed by atoms with E-state index in [1.165, 1.54) is 6.07 Å². The van der Waals surface area contributed by atoms with E-state index in [9.17, 15) is 4.79 Å². The molecule has 6 heteroatoms. The highest BCUT2D eigenvalue weighted by atomic mass is 79.9. The Kier molecular flexibility index (Phi) is 3.75. The van der Waals surface area contributed by atoms with Crippen molar-refractivity contribution >= 4 is 39.1 Å². The Hall–Kier alpha value is -1.40. The van der Waals surface area contributed by atoms with E-state index in [4.69, 9.17) is 5.11 Å². The number of nitrogens with zero attached hydrogens (tertiary/aromatic N) is 1. The Balaban J connectivity index is 2.07. The summed E-state index contributed by atoms with van der Waals surface area (Å²) in [6.45, 7) is 0.619. The first-order chi connectivity index (χ1) is 8.16. The van der Waals surface area contributed by atoms with Gasteiger partial charge in [0.15, 0.2) is 5.69 Å². The van der Waals surface area contributed by atoms with Crippen molar-refractivity contribution in [2.45, 2.75) is 6.54 Å². The molecule has 0 amide bonds. The fourth-order valence-electron chi connectivity index (χ4n) is 1.27. The summed E-state index contributed by atoms with van der Waals surface area (Å²) in [7, 11) is 0. The number of halogens is 1. The van der Waals surface area contributed by atoms with E-state index < -0.39 is 5.97 Å². The van der Waals surface area contributed by atoms with E-state index in [1.807, 2.05) is 11.4 Å². The molecule has 0 aliphatic heterocycles. The van der Waals surface area contributed by atoms with Gasteiger partial charge in [-0.1, -0.05) is 6.07 Å². The van der Waals surface area contributed by atoms with Gasteiger partial charge < -0.3 is 10.4 Å². The number of nitrogens with one attached hydrogen (secondary N) is 1. The topological polar surface area (TPSA) is 62.2 Å². The Bertz CT molecular complexity index is 542. The van der Waals surface area contributed by atoms with Crippen LogP contribution in [-0.4, -0.2) is 16.1 Å². The molecule has 0 aromatic carbocycles. The average molecular weight is 313 g/mol. The van der Waals surface area contributed by atoms with Crippen LogP contribution in [0.5, 0.6) is 0 Å². The maximum atomic E-state index is 10.7. The first kappa shape index (κ1) is 12.1. The number of carboxylic acids is 1. The van der Waals surface area contributed by atoms with Gasteiger partial charge in [0.2, 0.25) is 0 Å². The Morgan fingerprint density at radius 2 is 2.29 bits per heavy atom. The van der Waals surface area contributed by atoms with Gasteiger partial charge in [0.25, 0.3) is 0 Å². The summed E-state index contributed by atoms with van der Waals surface area (Å²) < 4.78 is 1.05. The highest BCUT2D eigenvalue weighted by Gasteiger charge is 2.05. The molecule has 17 heavy (non-hydrogen) atoms. The fourth-order valence-corrected chi connectivity index (χ4v) is 2.71. The van der Waals surface area contributed by atoms with Crippen LogP contribution in [0.4, 0.5) is 5.82 Å². The highest BCUT2D eigenvalue weighted by Crippen LogP contribution is 2.23. The van der Waals surface area contributed by atoms with Gasteiger partial charge in [-0.15, -0.1) is 11.3 Å². The van der Waals surface area contributed by atoms with E-state index in [0.29, 0.717) is 12.4 Å². The van der Waals surface area contributed by atoms with Crippen LogP contribution in [0.15, 0.2) is 34.1 Å². The highest BCUT2D eigenvalue weighted by molar-refractivity contribution is 9.10. The maximum absolute atomic E-state index is 10.7. The summed E-state index contributed by atoms with van der Waals surface area (Å²) in [5.74, 6) is -0.462. The summed E-state index contributed by atoms with van der Waals surface area (Å²) in [6, 6.07) is 6.85. The third-order valence-corrected chi connectivity index (χ3v) is 4.02. The van der Waals surface area contributed by atoms with Crippen molar-refractivity contribution in [3.63, 3.8) is 0 Å². The smallest absolute Gasteiger partial charge is 0.354 e. The molecule has 0 radical (unpaired) electrons. The second-order valence-electron chi connectivity index (χ2n) is 3.26. The SMILES string of the molecule is O=C(O)c1cccc(NCc2sccc2Br)n1. The second kappa shape index (κ2) is 5.29. The zero-order valence-corrected chi connectivity index (χ0v) is 11.1. The molecule has 2 N–H and O–H groups in total. The van der Waals surface area contributed by atoms with Crippen LogP contribution in [0.3, 0.4) is 0 Å². The molecule has 88 valence electrons. The maximum Gasteiger partial charge on any atom is 0.354 e. The third kappa shape index (κ3) is 3.04.